The summed E-state index contributed by atoms with van der Waals surface area (Å²) in [6, 6.07) is 6.55. The largest absolute Gasteiger partial charge is 0.336 e. The van der Waals surface area contributed by atoms with Crippen LogP contribution >= 0.6 is 0 Å². The Hall–Kier alpha value is -2.17. The van der Waals surface area contributed by atoms with E-state index in [2.05, 4.69) is 69.9 Å². The third kappa shape index (κ3) is 3.81. The first kappa shape index (κ1) is 18.6. The molecular weight excluding hydrogens is 324 g/mol. The summed E-state index contributed by atoms with van der Waals surface area (Å²) in [5.41, 5.74) is 3.21. The zero-order chi connectivity index (χ0) is 19.1. The molecule has 1 atom stereocenters. The van der Waals surface area contributed by atoms with Crippen LogP contribution in [-0.4, -0.2) is 38.9 Å². The molecule has 3 rings (SSSR count). The summed E-state index contributed by atoms with van der Waals surface area (Å²) in [5.74, 6) is 0.108. The van der Waals surface area contributed by atoms with E-state index < -0.39 is 0 Å². The Bertz CT molecular complexity index is 749. The Morgan fingerprint density at radius 3 is 2.00 bits per heavy atom. The molecule has 0 N–H and O–H groups in total. The predicted molar refractivity (Wildman–Crippen MR) is 103 cm³/mol. The fourth-order valence-corrected chi connectivity index (χ4v) is 3.33. The van der Waals surface area contributed by atoms with Crippen LogP contribution in [0.25, 0.3) is 0 Å². The quantitative estimate of drug-likeness (QED) is 0.820. The van der Waals surface area contributed by atoms with E-state index in [0.29, 0.717) is 6.54 Å². The molecule has 26 heavy (non-hydrogen) atoms. The van der Waals surface area contributed by atoms with Gasteiger partial charge in [0.25, 0.3) is 5.91 Å². The van der Waals surface area contributed by atoms with Gasteiger partial charge >= 0.3 is 0 Å². The van der Waals surface area contributed by atoms with Crippen molar-refractivity contribution >= 4 is 5.91 Å². The molecule has 1 fully saturated rings. The molecule has 1 aromatic carbocycles. The Morgan fingerprint density at radius 2 is 1.50 bits per heavy atom. The maximum atomic E-state index is 13.2. The lowest BCUT2D eigenvalue weighted by Crippen LogP contribution is -2.30. The minimum absolute atomic E-state index is 0.00279. The van der Waals surface area contributed by atoms with Gasteiger partial charge in [0, 0.05) is 18.7 Å². The second-order valence-electron chi connectivity index (χ2n) is 9.34. The lowest BCUT2D eigenvalue weighted by molar-refractivity contribution is 0.0786. The minimum atomic E-state index is 0.00279. The van der Waals surface area contributed by atoms with Crippen molar-refractivity contribution in [1.29, 1.82) is 0 Å². The van der Waals surface area contributed by atoms with Crippen LogP contribution in [0.2, 0.25) is 0 Å². The number of benzene rings is 1. The number of aromatic nitrogens is 3. The van der Waals surface area contributed by atoms with E-state index >= 15 is 0 Å². The van der Waals surface area contributed by atoms with Crippen LogP contribution in [0, 0.1) is 0 Å². The van der Waals surface area contributed by atoms with Gasteiger partial charge in [0.1, 0.15) is 0 Å². The average molecular weight is 354 g/mol. The first-order valence-electron chi connectivity index (χ1n) is 9.37. The highest BCUT2D eigenvalue weighted by atomic mass is 16.2. The molecule has 0 saturated carbocycles. The number of rotatable bonds is 2. The summed E-state index contributed by atoms with van der Waals surface area (Å²) in [5, 5.41) is 8.45. The predicted octanol–water partition coefficient (Wildman–Crippen LogP) is 3.96. The van der Waals surface area contributed by atoms with Crippen molar-refractivity contribution in [3.8, 4) is 0 Å². The fraction of sp³-hybridized carbons (Fsp3) is 0.571. The van der Waals surface area contributed by atoms with E-state index in [4.69, 9.17) is 0 Å². The van der Waals surface area contributed by atoms with Gasteiger partial charge in [-0.3, -0.25) is 4.79 Å². The van der Waals surface area contributed by atoms with Crippen LogP contribution in [0.3, 0.4) is 0 Å². The topological polar surface area (TPSA) is 51.0 Å². The van der Waals surface area contributed by atoms with E-state index in [1.807, 2.05) is 4.90 Å². The SMILES string of the molecule is CC(C)(C)c1cc(C(=O)N2CCC(n3nccn3)C2)cc(C(C)(C)C)c1. The summed E-state index contributed by atoms with van der Waals surface area (Å²) in [6.45, 7) is 14.6. The fourth-order valence-electron chi connectivity index (χ4n) is 3.33. The molecule has 1 aromatic heterocycles. The molecular formula is C21H30N4O. The third-order valence-corrected chi connectivity index (χ3v) is 5.13. The summed E-state index contributed by atoms with van der Waals surface area (Å²) in [7, 11) is 0. The normalized spacial score (nSPS) is 18.4. The van der Waals surface area contributed by atoms with Crippen molar-refractivity contribution in [3.63, 3.8) is 0 Å². The van der Waals surface area contributed by atoms with Crippen LogP contribution < -0.4 is 0 Å². The number of amides is 1. The number of carbonyl (C=O) groups excluding carboxylic acids is 1. The number of carbonyl (C=O) groups is 1. The van der Waals surface area contributed by atoms with Gasteiger partial charge < -0.3 is 4.90 Å². The second-order valence-corrected chi connectivity index (χ2v) is 9.34. The van der Waals surface area contributed by atoms with Gasteiger partial charge in [-0.15, -0.1) is 0 Å². The van der Waals surface area contributed by atoms with Gasteiger partial charge in [-0.05, 0) is 40.5 Å². The molecule has 2 heterocycles. The van der Waals surface area contributed by atoms with Crippen molar-refractivity contribution in [2.45, 2.75) is 64.8 Å². The standard InChI is InChI=1S/C21H30N4O/c1-20(2,3)16-11-15(12-17(13-16)21(4,5)6)19(26)24-10-7-18(14-24)25-22-8-9-23-25/h8-9,11-13,18H,7,10,14H2,1-6H3. The monoisotopic (exact) mass is 354 g/mol. The van der Waals surface area contributed by atoms with Gasteiger partial charge in [-0.25, -0.2) is 0 Å². The Labute approximate surface area is 156 Å². The van der Waals surface area contributed by atoms with Crippen molar-refractivity contribution < 1.29 is 4.79 Å². The number of hydrogen-bond donors (Lipinski definition) is 0. The molecule has 140 valence electrons. The molecule has 1 unspecified atom stereocenters. The maximum absolute atomic E-state index is 13.2. The van der Waals surface area contributed by atoms with E-state index in [0.717, 1.165) is 18.5 Å². The van der Waals surface area contributed by atoms with Crippen molar-refractivity contribution in [1.82, 2.24) is 19.9 Å². The maximum Gasteiger partial charge on any atom is 0.253 e. The smallest absolute Gasteiger partial charge is 0.253 e. The summed E-state index contributed by atoms with van der Waals surface area (Å²) in [4.78, 5) is 16.9. The van der Waals surface area contributed by atoms with Gasteiger partial charge in [0.15, 0.2) is 0 Å². The lowest BCUT2D eigenvalue weighted by Gasteiger charge is -2.27. The van der Waals surface area contributed by atoms with Crippen molar-refractivity contribution in [2.75, 3.05) is 13.1 Å². The van der Waals surface area contributed by atoms with Crippen LogP contribution in [0.15, 0.2) is 30.6 Å². The van der Waals surface area contributed by atoms with Crippen LogP contribution in [0.4, 0.5) is 0 Å². The van der Waals surface area contributed by atoms with E-state index in [1.54, 1.807) is 17.2 Å². The highest BCUT2D eigenvalue weighted by molar-refractivity contribution is 5.95. The summed E-state index contributed by atoms with van der Waals surface area (Å²) >= 11 is 0. The van der Waals surface area contributed by atoms with E-state index in [9.17, 15) is 4.79 Å². The van der Waals surface area contributed by atoms with E-state index in [-0.39, 0.29) is 22.8 Å². The Kier molecular flexibility index (Phi) is 4.67. The average Bonchev–Trinajstić information content (AvgIpc) is 3.23. The minimum Gasteiger partial charge on any atom is -0.336 e. The summed E-state index contributed by atoms with van der Waals surface area (Å²) in [6.07, 6.45) is 4.27. The molecule has 0 aliphatic carbocycles. The van der Waals surface area contributed by atoms with Crippen LogP contribution in [0.5, 0.6) is 0 Å². The Morgan fingerprint density at radius 1 is 0.962 bits per heavy atom. The number of nitrogens with zero attached hydrogens (tertiary/aromatic N) is 4. The molecule has 0 spiro atoms. The first-order chi connectivity index (χ1) is 12.1. The van der Waals surface area contributed by atoms with Gasteiger partial charge in [-0.1, -0.05) is 47.6 Å². The zero-order valence-corrected chi connectivity index (χ0v) is 16.8. The number of hydrogen-bond acceptors (Lipinski definition) is 3. The lowest BCUT2D eigenvalue weighted by atomic mass is 9.79. The Balaban J connectivity index is 1.89. The highest BCUT2D eigenvalue weighted by Gasteiger charge is 2.30. The number of likely N-dealkylation sites (tertiary alicyclic amines) is 1. The molecule has 0 bridgehead atoms. The van der Waals surface area contributed by atoms with Gasteiger partial charge in [-0.2, -0.15) is 15.0 Å². The molecule has 1 amide bonds. The first-order valence-corrected chi connectivity index (χ1v) is 9.37. The second kappa shape index (κ2) is 6.53. The van der Waals surface area contributed by atoms with E-state index in [1.165, 1.54) is 11.1 Å². The molecule has 1 saturated heterocycles. The van der Waals surface area contributed by atoms with Gasteiger partial charge in [0.2, 0.25) is 0 Å². The highest BCUT2D eigenvalue weighted by Crippen LogP contribution is 2.31. The summed E-state index contributed by atoms with van der Waals surface area (Å²) < 4.78 is 0. The van der Waals surface area contributed by atoms with Crippen LogP contribution in [0.1, 0.15) is 75.5 Å². The van der Waals surface area contributed by atoms with Crippen molar-refractivity contribution in [2.24, 2.45) is 0 Å². The zero-order valence-electron chi connectivity index (χ0n) is 16.8. The van der Waals surface area contributed by atoms with Crippen LogP contribution in [-0.2, 0) is 10.8 Å². The molecule has 2 aromatic rings. The third-order valence-electron chi connectivity index (χ3n) is 5.13. The molecule has 0 radical (unpaired) electrons. The molecule has 1 aliphatic heterocycles. The molecule has 1 aliphatic rings. The van der Waals surface area contributed by atoms with Crippen molar-refractivity contribution in [3.05, 3.63) is 47.3 Å². The van der Waals surface area contributed by atoms with Gasteiger partial charge in [0.05, 0.1) is 18.4 Å². The molecule has 5 nitrogen and oxygen atoms in total. The molecule has 5 heteroatoms.